The molecule has 0 amide bonds. The first-order valence-electron chi connectivity index (χ1n) is 14.4. The lowest BCUT2D eigenvalue weighted by Crippen LogP contribution is -2.29. The van der Waals surface area contributed by atoms with Crippen molar-refractivity contribution in [3.8, 4) is 17.1 Å². The number of aromatic hydroxyl groups is 1. The Morgan fingerprint density at radius 1 is 0.907 bits per heavy atom. The predicted octanol–water partition coefficient (Wildman–Crippen LogP) is 7.62. The van der Waals surface area contributed by atoms with E-state index < -0.39 is 12.9 Å². The third-order valence-electron chi connectivity index (χ3n) is 7.15. The molecule has 0 bridgehead atoms. The largest absolute Gasteiger partial charge is 0.673 e. The first kappa shape index (κ1) is 33.5. The minimum Gasteiger partial charge on any atom is -0.506 e. The molecular formula is C32H39BF4N2O4. The van der Waals surface area contributed by atoms with E-state index in [0.717, 1.165) is 54.1 Å². The van der Waals surface area contributed by atoms with Crippen molar-refractivity contribution in [2.45, 2.75) is 53.9 Å². The van der Waals surface area contributed by atoms with Gasteiger partial charge in [0, 0.05) is 36.5 Å². The molecule has 0 spiro atoms. The zero-order chi connectivity index (χ0) is 32.1. The Morgan fingerprint density at radius 3 is 2.09 bits per heavy atom. The van der Waals surface area contributed by atoms with Crippen LogP contribution < -0.4 is 20.5 Å². The third-order valence-corrected chi connectivity index (χ3v) is 7.15. The molecule has 2 heterocycles. The van der Waals surface area contributed by atoms with Crippen molar-refractivity contribution in [1.29, 1.82) is 0 Å². The summed E-state index contributed by atoms with van der Waals surface area (Å²) in [7, 11) is -6.00. The maximum Gasteiger partial charge on any atom is 0.673 e. The van der Waals surface area contributed by atoms with E-state index in [0.29, 0.717) is 16.7 Å². The minimum absolute atomic E-state index is 0.0950. The molecule has 232 valence electrons. The Morgan fingerprint density at radius 2 is 1.53 bits per heavy atom. The molecule has 1 aromatic carbocycles. The van der Waals surface area contributed by atoms with Gasteiger partial charge in [-0.25, -0.2) is 9.37 Å². The maximum absolute atomic E-state index is 12.9. The van der Waals surface area contributed by atoms with Crippen LogP contribution in [-0.2, 0) is 5.41 Å². The molecule has 0 saturated carbocycles. The number of rotatable bonds is 7. The molecule has 11 heteroatoms. The average Bonchev–Trinajstić information content (AvgIpc) is 2.92. The number of fused-ring (bicyclic) bond motifs is 2. The van der Waals surface area contributed by atoms with Crippen LogP contribution in [0.3, 0.4) is 0 Å². The summed E-state index contributed by atoms with van der Waals surface area (Å²) in [4.78, 5) is 15.0. The van der Waals surface area contributed by atoms with Gasteiger partial charge in [-0.15, -0.1) is 0 Å². The van der Waals surface area contributed by atoms with Gasteiger partial charge in [0.15, 0.2) is 0 Å². The highest BCUT2D eigenvalue weighted by Gasteiger charge is 2.23. The van der Waals surface area contributed by atoms with Crippen LogP contribution in [0.5, 0.6) is 5.75 Å². The van der Waals surface area contributed by atoms with Gasteiger partial charge in [0.1, 0.15) is 41.5 Å². The molecule has 2 aliphatic rings. The highest BCUT2D eigenvalue weighted by atomic mass is 19.5. The summed E-state index contributed by atoms with van der Waals surface area (Å²) in [6, 6.07) is 13.9. The second kappa shape index (κ2) is 13.5. The van der Waals surface area contributed by atoms with Gasteiger partial charge in [-0.2, -0.15) is 0 Å². The number of halogens is 4. The highest BCUT2D eigenvalue weighted by molar-refractivity contribution is 6.50. The van der Waals surface area contributed by atoms with Crippen molar-refractivity contribution in [1.82, 2.24) is 4.58 Å². The van der Waals surface area contributed by atoms with Gasteiger partial charge in [-0.3, -0.25) is 0 Å². The predicted molar refractivity (Wildman–Crippen MR) is 167 cm³/mol. The molecule has 0 unspecified atom stereocenters. The molecule has 2 aromatic rings. The van der Waals surface area contributed by atoms with Crippen LogP contribution in [0.15, 0.2) is 56.1 Å². The topological polar surface area (TPSA) is 69.8 Å². The number of benzene rings is 2. The normalized spacial score (nSPS) is 12.1. The third kappa shape index (κ3) is 8.30. The summed E-state index contributed by atoms with van der Waals surface area (Å²) >= 11 is 0. The standard InChI is InChI=1S/C32H38N2O4.BF4/c1-8-33(9-2)21-12-15-24-27(32(5,6)7)20-23(37-28(24)18-21)14-17-26-30(35)25-16-13-22(34(10-3)11-4)19-29(25)38-31(26)36;2-1(3,4)5/h12-20H,8-11H2,1-7H3;/q;-1/p+1. The SMILES string of the molecule is CCN(CC)c1ccc2c(O)c(/C=C/c3cc(C(C)(C)C)c4ccc(=[N+](CC)CC)cc-4o3)c(=O)oc2c1.F[B-](F)(F)F. The van der Waals surface area contributed by atoms with E-state index in [1.807, 2.05) is 12.1 Å². The molecule has 43 heavy (non-hydrogen) atoms. The summed E-state index contributed by atoms with van der Waals surface area (Å²) in [5.41, 5.74) is 2.89. The average molecular weight is 602 g/mol. The van der Waals surface area contributed by atoms with E-state index >= 15 is 0 Å². The molecule has 0 radical (unpaired) electrons. The van der Waals surface area contributed by atoms with Gasteiger partial charge in [0.05, 0.1) is 11.5 Å². The summed E-state index contributed by atoms with van der Waals surface area (Å²) in [5.74, 6) is 1.27. The fourth-order valence-electron chi connectivity index (χ4n) is 4.97. The zero-order valence-corrected chi connectivity index (χ0v) is 25.7. The minimum atomic E-state index is -6.00. The Hall–Kier alpha value is -4.02. The molecule has 0 saturated heterocycles. The monoisotopic (exact) mass is 602 g/mol. The van der Waals surface area contributed by atoms with Crippen molar-refractivity contribution in [3.05, 3.63) is 75.1 Å². The number of hydrogen-bond donors (Lipinski definition) is 1. The molecule has 4 rings (SSSR count). The first-order chi connectivity index (χ1) is 20.1. The van der Waals surface area contributed by atoms with E-state index in [4.69, 9.17) is 8.83 Å². The fraction of sp³-hybridized carbons (Fsp3) is 0.375. The Kier molecular flexibility index (Phi) is 10.5. The van der Waals surface area contributed by atoms with Crippen LogP contribution in [0.4, 0.5) is 23.0 Å². The van der Waals surface area contributed by atoms with Crippen LogP contribution in [0.1, 0.15) is 65.4 Å². The molecule has 1 N–H and O–H groups in total. The van der Waals surface area contributed by atoms with Crippen molar-refractivity contribution >= 4 is 36.1 Å². The van der Waals surface area contributed by atoms with Gasteiger partial charge >= 0.3 is 12.9 Å². The molecule has 0 atom stereocenters. The van der Waals surface area contributed by atoms with Crippen LogP contribution >= 0.6 is 0 Å². The van der Waals surface area contributed by atoms with Crippen LogP contribution in [0, 0.1) is 0 Å². The summed E-state index contributed by atoms with van der Waals surface area (Å²) in [5, 5.41) is 12.6. The molecule has 1 aliphatic carbocycles. The number of hydrogen-bond acceptors (Lipinski definition) is 5. The van der Waals surface area contributed by atoms with Crippen LogP contribution in [0.2, 0.25) is 0 Å². The Labute approximate surface area is 249 Å². The Balaban J connectivity index is 0.000000934. The van der Waals surface area contributed by atoms with Crippen molar-refractivity contribution in [3.63, 3.8) is 0 Å². The van der Waals surface area contributed by atoms with Crippen molar-refractivity contribution < 1.29 is 31.2 Å². The van der Waals surface area contributed by atoms with Gasteiger partial charge in [0.25, 0.3) is 0 Å². The second-order valence-corrected chi connectivity index (χ2v) is 11.0. The van der Waals surface area contributed by atoms with E-state index in [-0.39, 0.29) is 16.7 Å². The lowest BCUT2D eigenvalue weighted by atomic mass is 9.83. The molecular weight excluding hydrogens is 563 g/mol. The lowest BCUT2D eigenvalue weighted by molar-refractivity contribution is 0.368. The molecule has 0 fully saturated rings. The van der Waals surface area contributed by atoms with Gasteiger partial charge in [0.2, 0.25) is 5.36 Å². The Bertz CT molecular complexity index is 1690. The van der Waals surface area contributed by atoms with Crippen LogP contribution in [-0.4, -0.2) is 38.5 Å². The summed E-state index contributed by atoms with van der Waals surface area (Å²) in [6.07, 6.45) is 3.30. The summed E-state index contributed by atoms with van der Waals surface area (Å²) in [6.45, 7) is 18.4. The maximum atomic E-state index is 12.9. The van der Waals surface area contributed by atoms with E-state index in [2.05, 4.69) is 76.1 Å². The lowest BCUT2D eigenvalue weighted by Gasteiger charge is -2.24. The van der Waals surface area contributed by atoms with E-state index in [9.17, 15) is 27.2 Å². The van der Waals surface area contributed by atoms with Crippen molar-refractivity contribution in [2.24, 2.45) is 0 Å². The molecule has 6 nitrogen and oxygen atoms in total. The van der Waals surface area contributed by atoms with Gasteiger partial charge in [-0.1, -0.05) is 20.8 Å². The second-order valence-electron chi connectivity index (χ2n) is 11.0. The number of nitrogens with zero attached hydrogens (tertiary/aromatic N) is 2. The molecule has 1 aromatic heterocycles. The summed E-state index contributed by atoms with van der Waals surface area (Å²) < 4.78 is 53.2. The number of anilines is 1. The van der Waals surface area contributed by atoms with E-state index in [1.165, 1.54) is 0 Å². The zero-order valence-electron chi connectivity index (χ0n) is 25.7. The highest BCUT2D eigenvalue weighted by Crippen LogP contribution is 2.36. The quantitative estimate of drug-likeness (QED) is 0.102. The first-order valence-corrected chi connectivity index (χ1v) is 14.4. The fourth-order valence-corrected chi connectivity index (χ4v) is 4.97. The van der Waals surface area contributed by atoms with Crippen molar-refractivity contribution in [2.75, 3.05) is 31.1 Å². The van der Waals surface area contributed by atoms with Crippen LogP contribution in [0.25, 0.3) is 34.4 Å². The van der Waals surface area contributed by atoms with Gasteiger partial charge in [-0.05, 0) is 75.1 Å². The van der Waals surface area contributed by atoms with E-state index in [1.54, 1.807) is 24.3 Å². The smallest absolute Gasteiger partial charge is 0.506 e. The molecule has 1 aliphatic heterocycles. The van der Waals surface area contributed by atoms with Gasteiger partial charge < -0.3 is 36.1 Å².